The number of nitrogens with one attached hydrogen (secondary N) is 2. The summed E-state index contributed by atoms with van der Waals surface area (Å²) in [5, 5.41) is 3.81. The Hall–Kier alpha value is -2.90. The van der Waals surface area contributed by atoms with E-state index in [2.05, 4.69) is 16.0 Å². The molecule has 2 aromatic rings. The van der Waals surface area contributed by atoms with E-state index in [1.165, 1.54) is 25.1 Å². The van der Waals surface area contributed by atoms with Crippen LogP contribution in [-0.4, -0.2) is 23.1 Å². The Labute approximate surface area is 144 Å². The van der Waals surface area contributed by atoms with Gasteiger partial charge in [0, 0.05) is 12.0 Å². The fourth-order valence-corrected chi connectivity index (χ4v) is 2.18. The van der Waals surface area contributed by atoms with Crippen molar-refractivity contribution in [3.05, 3.63) is 47.1 Å². The molecule has 0 saturated heterocycles. The molecular weight excluding hydrogens is 329 g/mol. The van der Waals surface area contributed by atoms with Crippen LogP contribution in [-0.2, 0) is 16.0 Å². The fourth-order valence-electron chi connectivity index (χ4n) is 2.18. The Morgan fingerprint density at radius 3 is 2.64 bits per heavy atom. The van der Waals surface area contributed by atoms with Crippen molar-refractivity contribution in [3.63, 3.8) is 0 Å². The number of halogens is 1. The van der Waals surface area contributed by atoms with E-state index in [0.717, 1.165) is 11.3 Å². The Balaban J connectivity index is 1.77. The van der Waals surface area contributed by atoms with Crippen molar-refractivity contribution in [2.75, 3.05) is 0 Å². The van der Waals surface area contributed by atoms with Crippen LogP contribution in [0, 0.1) is 19.7 Å². The summed E-state index contributed by atoms with van der Waals surface area (Å²) in [6.07, 6.45) is -0.365. The molecule has 0 spiro atoms. The Bertz CT molecular complexity index is 741. The minimum Gasteiger partial charge on any atom is -0.478 e. The fraction of sp³-hybridized carbons (Fsp3) is 0.353. The molecule has 2 N–H and O–H groups in total. The van der Waals surface area contributed by atoms with Crippen molar-refractivity contribution in [2.24, 2.45) is 0 Å². The average Bonchev–Trinajstić information content (AvgIpc) is 2.91. The zero-order valence-electron chi connectivity index (χ0n) is 14.3. The third-order valence-corrected chi connectivity index (χ3v) is 3.62. The molecule has 1 heterocycles. The van der Waals surface area contributed by atoms with Crippen molar-refractivity contribution >= 4 is 11.8 Å². The van der Waals surface area contributed by atoms with Crippen LogP contribution in [0.3, 0.4) is 0 Å². The van der Waals surface area contributed by atoms with E-state index in [9.17, 15) is 14.0 Å². The predicted molar refractivity (Wildman–Crippen MR) is 87.1 cm³/mol. The molecule has 0 aliphatic carbocycles. The molecule has 1 aromatic heterocycles. The highest BCUT2D eigenvalue weighted by atomic mass is 19.1. The van der Waals surface area contributed by atoms with Gasteiger partial charge in [0.15, 0.2) is 17.7 Å². The van der Waals surface area contributed by atoms with Gasteiger partial charge in [-0.05, 0) is 39.3 Å². The molecule has 2 amide bonds. The molecule has 0 bridgehead atoms. The molecule has 0 unspecified atom stereocenters. The van der Waals surface area contributed by atoms with Crippen molar-refractivity contribution in [3.8, 4) is 5.75 Å². The van der Waals surface area contributed by atoms with E-state index in [1.54, 1.807) is 19.9 Å². The molecule has 7 nitrogen and oxygen atoms in total. The summed E-state index contributed by atoms with van der Waals surface area (Å²) in [5.74, 6) is -0.887. The lowest BCUT2D eigenvalue weighted by Gasteiger charge is -2.15. The zero-order chi connectivity index (χ0) is 18.4. The van der Waals surface area contributed by atoms with Gasteiger partial charge < -0.3 is 9.26 Å². The molecule has 134 valence electrons. The Kier molecular flexibility index (Phi) is 6.10. The van der Waals surface area contributed by atoms with E-state index in [1.807, 2.05) is 0 Å². The number of amides is 2. The van der Waals surface area contributed by atoms with Gasteiger partial charge in [-0.25, -0.2) is 4.39 Å². The second-order valence-corrected chi connectivity index (χ2v) is 5.53. The van der Waals surface area contributed by atoms with E-state index >= 15 is 0 Å². The standard InChI is InChI=1S/C17H20FN3O4/c1-10-13(11(2)25-21-10)8-9-16(22)19-20-17(23)12(3)24-15-7-5-4-6-14(15)18/h4-7,12H,8-9H2,1-3H3,(H,19,22)(H,20,23)/t12-/m0/s1. The normalized spacial score (nSPS) is 11.7. The third kappa shape index (κ3) is 5.03. The number of aryl methyl sites for hydroxylation is 2. The lowest BCUT2D eigenvalue weighted by atomic mass is 10.1. The number of nitrogens with zero attached hydrogens (tertiary/aromatic N) is 1. The second-order valence-electron chi connectivity index (χ2n) is 5.53. The van der Waals surface area contributed by atoms with Gasteiger partial charge >= 0.3 is 0 Å². The number of hydrogen-bond donors (Lipinski definition) is 2. The number of hydrogen-bond acceptors (Lipinski definition) is 5. The molecule has 1 aromatic carbocycles. The third-order valence-electron chi connectivity index (χ3n) is 3.62. The minimum atomic E-state index is -0.972. The largest absolute Gasteiger partial charge is 0.478 e. The van der Waals surface area contributed by atoms with Gasteiger partial charge in [-0.2, -0.15) is 0 Å². The summed E-state index contributed by atoms with van der Waals surface area (Å²) in [4.78, 5) is 23.7. The van der Waals surface area contributed by atoms with Gasteiger partial charge in [0.2, 0.25) is 5.91 Å². The number of benzene rings is 1. The van der Waals surface area contributed by atoms with Crippen molar-refractivity contribution in [1.82, 2.24) is 16.0 Å². The number of aromatic nitrogens is 1. The first-order valence-corrected chi connectivity index (χ1v) is 7.80. The number of para-hydroxylation sites is 1. The number of hydrazine groups is 1. The van der Waals surface area contributed by atoms with Crippen LogP contribution in [0.25, 0.3) is 0 Å². The topological polar surface area (TPSA) is 93.5 Å². The van der Waals surface area contributed by atoms with E-state index in [-0.39, 0.29) is 18.1 Å². The van der Waals surface area contributed by atoms with Crippen LogP contribution in [0.5, 0.6) is 5.75 Å². The van der Waals surface area contributed by atoms with Gasteiger partial charge in [0.1, 0.15) is 5.76 Å². The zero-order valence-corrected chi connectivity index (χ0v) is 14.3. The molecule has 25 heavy (non-hydrogen) atoms. The van der Waals surface area contributed by atoms with E-state index < -0.39 is 17.8 Å². The quantitative estimate of drug-likeness (QED) is 0.778. The van der Waals surface area contributed by atoms with Crippen LogP contribution in [0.15, 0.2) is 28.8 Å². The molecule has 0 aliphatic rings. The molecule has 0 radical (unpaired) electrons. The number of ether oxygens (including phenoxy) is 1. The molecule has 1 atom stereocenters. The van der Waals surface area contributed by atoms with Crippen LogP contribution in [0.2, 0.25) is 0 Å². The summed E-state index contributed by atoms with van der Waals surface area (Å²) in [6, 6.07) is 5.77. The first-order valence-electron chi connectivity index (χ1n) is 7.80. The minimum absolute atomic E-state index is 0.0325. The highest BCUT2D eigenvalue weighted by molar-refractivity contribution is 5.84. The molecular formula is C17H20FN3O4. The van der Waals surface area contributed by atoms with Gasteiger partial charge in [0.25, 0.3) is 5.91 Å². The monoisotopic (exact) mass is 349 g/mol. The lowest BCUT2D eigenvalue weighted by molar-refractivity contribution is -0.132. The maximum absolute atomic E-state index is 13.5. The van der Waals surface area contributed by atoms with Crippen molar-refractivity contribution < 1.29 is 23.2 Å². The molecule has 0 aliphatic heterocycles. The maximum Gasteiger partial charge on any atom is 0.279 e. The Morgan fingerprint density at radius 1 is 1.28 bits per heavy atom. The van der Waals surface area contributed by atoms with Crippen molar-refractivity contribution in [1.29, 1.82) is 0 Å². The second kappa shape index (κ2) is 8.27. The van der Waals surface area contributed by atoms with E-state index in [0.29, 0.717) is 12.2 Å². The molecule has 2 rings (SSSR count). The van der Waals surface area contributed by atoms with Crippen LogP contribution in [0.1, 0.15) is 30.4 Å². The number of carbonyl (C=O) groups is 2. The first kappa shape index (κ1) is 18.4. The predicted octanol–water partition coefficient (Wildman–Crippen LogP) is 1.98. The first-order chi connectivity index (χ1) is 11.9. The molecule has 0 saturated carbocycles. The SMILES string of the molecule is Cc1noc(C)c1CCC(=O)NNC(=O)[C@H](C)Oc1ccccc1F. The summed E-state index contributed by atoms with van der Waals surface area (Å²) < 4.78 is 23.7. The summed E-state index contributed by atoms with van der Waals surface area (Å²) in [5.41, 5.74) is 6.17. The average molecular weight is 349 g/mol. The Morgan fingerprint density at radius 2 is 2.00 bits per heavy atom. The van der Waals surface area contributed by atoms with Gasteiger partial charge in [-0.15, -0.1) is 0 Å². The maximum atomic E-state index is 13.5. The number of carbonyl (C=O) groups excluding carboxylic acids is 2. The summed E-state index contributed by atoms with van der Waals surface area (Å²) in [6.45, 7) is 5.03. The summed E-state index contributed by atoms with van der Waals surface area (Å²) >= 11 is 0. The van der Waals surface area contributed by atoms with E-state index in [4.69, 9.17) is 9.26 Å². The van der Waals surface area contributed by atoms with Crippen LogP contribution in [0.4, 0.5) is 4.39 Å². The highest BCUT2D eigenvalue weighted by Gasteiger charge is 2.17. The molecule has 8 heteroatoms. The van der Waals surface area contributed by atoms with Gasteiger partial charge in [-0.1, -0.05) is 17.3 Å². The van der Waals surface area contributed by atoms with Crippen LogP contribution >= 0.6 is 0 Å². The molecule has 0 fully saturated rings. The van der Waals surface area contributed by atoms with Gasteiger partial charge in [0.05, 0.1) is 5.69 Å². The lowest BCUT2D eigenvalue weighted by Crippen LogP contribution is -2.47. The van der Waals surface area contributed by atoms with Crippen molar-refractivity contribution in [2.45, 2.75) is 39.7 Å². The van der Waals surface area contributed by atoms with Gasteiger partial charge in [-0.3, -0.25) is 20.4 Å². The van der Waals surface area contributed by atoms with Crippen LogP contribution < -0.4 is 15.6 Å². The summed E-state index contributed by atoms with van der Waals surface area (Å²) in [7, 11) is 0. The highest BCUT2D eigenvalue weighted by Crippen LogP contribution is 2.17. The number of rotatable bonds is 6. The smallest absolute Gasteiger partial charge is 0.279 e.